The molecule has 23 heavy (non-hydrogen) atoms. The molecule has 122 valence electrons. The zero-order chi connectivity index (χ0) is 16.2. The van der Waals surface area contributed by atoms with Gasteiger partial charge in [0.25, 0.3) is 0 Å². The number of hydrogen-bond acceptors (Lipinski definition) is 5. The third-order valence-electron chi connectivity index (χ3n) is 4.48. The van der Waals surface area contributed by atoms with Crippen molar-refractivity contribution in [3.8, 4) is 5.75 Å². The Morgan fingerprint density at radius 2 is 2.13 bits per heavy atom. The van der Waals surface area contributed by atoms with Crippen LogP contribution in [0, 0.1) is 6.92 Å². The smallest absolute Gasteiger partial charge is 0.225 e. The number of aromatic nitrogens is 2. The molecule has 1 aliphatic heterocycles. The summed E-state index contributed by atoms with van der Waals surface area (Å²) in [5.41, 5.74) is 2.25. The molecule has 5 heteroatoms. The quantitative estimate of drug-likeness (QED) is 0.848. The van der Waals surface area contributed by atoms with E-state index in [1.807, 2.05) is 31.3 Å². The van der Waals surface area contributed by atoms with Gasteiger partial charge < -0.3 is 9.64 Å². The number of nitrogens with zero attached hydrogens (tertiary/aromatic N) is 4. The molecule has 1 aromatic carbocycles. The van der Waals surface area contributed by atoms with Crippen LogP contribution in [0.5, 0.6) is 5.75 Å². The van der Waals surface area contributed by atoms with Crippen LogP contribution in [0.2, 0.25) is 0 Å². The van der Waals surface area contributed by atoms with Gasteiger partial charge in [-0.3, -0.25) is 4.90 Å². The van der Waals surface area contributed by atoms with E-state index in [-0.39, 0.29) is 0 Å². The van der Waals surface area contributed by atoms with E-state index < -0.39 is 0 Å². The molecule has 3 rings (SSSR count). The number of anilines is 1. The van der Waals surface area contributed by atoms with Crippen LogP contribution in [0.15, 0.2) is 36.5 Å². The summed E-state index contributed by atoms with van der Waals surface area (Å²) in [6.07, 6.45) is 2.96. The first-order valence-electron chi connectivity index (χ1n) is 8.04. The third kappa shape index (κ3) is 3.62. The first-order valence-corrected chi connectivity index (χ1v) is 8.04. The Labute approximate surface area is 137 Å². The van der Waals surface area contributed by atoms with Crippen molar-refractivity contribution < 1.29 is 4.74 Å². The van der Waals surface area contributed by atoms with Crippen LogP contribution in [0.25, 0.3) is 0 Å². The van der Waals surface area contributed by atoms with Gasteiger partial charge in [0.05, 0.1) is 7.11 Å². The third-order valence-corrected chi connectivity index (χ3v) is 4.48. The summed E-state index contributed by atoms with van der Waals surface area (Å²) >= 11 is 0. The number of rotatable bonds is 5. The van der Waals surface area contributed by atoms with E-state index in [4.69, 9.17) is 4.74 Å². The van der Waals surface area contributed by atoms with Crippen molar-refractivity contribution in [1.29, 1.82) is 0 Å². The average Bonchev–Trinajstić information content (AvgIpc) is 3.03. The Bertz CT molecular complexity index is 661. The topological polar surface area (TPSA) is 41.5 Å². The Morgan fingerprint density at radius 3 is 2.91 bits per heavy atom. The van der Waals surface area contributed by atoms with Gasteiger partial charge in [0, 0.05) is 50.2 Å². The molecule has 0 bridgehead atoms. The predicted octanol–water partition coefficient (Wildman–Crippen LogP) is 2.50. The lowest BCUT2D eigenvalue weighted by Crippen LogP contribution is -2.35. The summed E-state index contributed by atoms with van der Waals surface area (Å²) < 4.78 is 5.46. The van der Waals surface area contributed by atoms with E-state index in [2.05, 4.69) is 38.9 Å². The first-order chi connectivity index (χ1) is 11.2. The SMILES string of the molecule is COc1ccccc1CN1CCC(N(C)c2nccc(C)n2)C1. The Hall–Kier alpha value is -2.14. The molecule has 0 aliphatic carbocycles. The second kappa shape index (κ2) is 6.96. The zero-order valence-corrected chi connectivity index (χ0v) is 14.1. The van der Waals surface area contributed by atoms with Gasteiger partial charge in [-0.15, -0.1) is 0 Å². The fourth-order valence-electron chi connectivity index (χ4n) is 3.12. The maximum Gasteiger partial charge on any atom is 0.225 e. The fourth-order valence-corrected chi connectivity index (χ4v) is 3.12. The minimum Gasteiger partial charge on any atom is -0.496 e. The van der Waals surface area contributed by atoms with Crippen molar-refractivity contribution in [2.45, 2.75) is 25.9 Å². The summed E-state index contributed by atoms with van der Waals surface area (Å²) in [6, 6.07) is 10.6. The van der Waals surface area contributed by atoms with Crippen molar-refractivity contribution >= 4 is 5.95 Å². The molecule has 1 fully saturated rings. The molecule has 1 aliphatic rings. The molecule has 0 spiro atoms. The van der Waals surface area contributed by atoms with Crippen molar-refractivity contribution in [2.24, 2.45) is 0 Å². The highest BCUT2D eigenvalue weighted by Crippen LogP contribution is 2.24. The van der Waals surface area contributed by atoms with E-state index in [9.17, 15) is 0 Å². The van der Waals surface area contributed by atoms with E-state index in [0.29, 0.717) is 6.04 Å². The maximum atomic E-state index is 5.46. The Morgan fingerprint density at radius 1 is 1.30 bits per heavy atom. The van der Waals surface area contributed by atoms with Gasteiger partial charge in [0.1, 0.15) is 5.75 Å². The normalized spacial score (nSPS) is 18.1. The van der Waals surface area contributed by atoms with Gasteiger partial charge >= 0.3 is 0 Å². The Balaban J connectivity index is 1.64. The molecule has 5 nitrogen and oxygen atoms in total. The number of likely N-dealkylation sites (tertiary alicyclic amines) is 1. The van der Waals surface area contributed by atoms with E-state index >= 15 is 0 Å². The van der Waals surface area contributed by atoms with Crippen molar-refractivity contribution in [3.63, 3.8) is 0 Å². The highest BCUT2D eigenvalue weighted by Gasteiger charge is 2.27. The van der Waals surface area contributed by atoms with Crippen LogP contribution in [0.1, 0.15) is 17.7 Å². The van der Waals surface area contributed by atoms with Crippen LogP contribution in [-0.2, 0) is 6.54 Å². The number of methoxy groups -OCH3 is 1. The molecule has 0 N–H and O–H groups in total. The number of aryl methyl sites for hydroxylation is 1. The Kier molecular flexibility index (Phi) is 4.76. The van der Waals surface area contributed by atoms with Crippen LogP contribution < -0.4 is 9.64 Å². The lowest BCUT2D eigenvalue weighted by molar-refractivity contribution is 0.316. The minimum absolute atomic E-state index is 0.450. The van der Waals surface area contributed by atoms with E-state index in [1.54, 1.807) is 7.11 Å². The largest absolute Gasteiger partial charge is 0.496 e. The molecule has 0 amide bonds. The molecule has 1 atom stereocenters. The number of hydrogen-bond donors (Lipinski definition) is 0. The predicted molar refractivity (Wildman–Crippen MR) is 91.8 cm³/mol. The lowest BCUT2D eigenvalue weighted by Gasteiger charge is -2.25. The molecule has 1 aromatic heterocycles. The fraction of sp³-hybridized carbons (Fsp3) is 0.444. The maximum absolute atomic E-state index is 5.46. The lowest BCUT2D eigenvalue weighted by atomic mass is 10.2. The van der Waals surface area contributed by atoms with Gasteiger partial charge in [-0.05, 0) is 25.5 Å². The molecule has 2 heterocycles. The van der Waals surface area contributed by atoms with Gasteiger partial charge in [-0.1, -0.05) is 18.2 Å². The molecular weight excluding hydrogens is 288 g/mol. The molecule has 1 unspecified atom stereocenters. The standard InChI is InChI=1S/C18H24N4O/c1-14-8-10-19-18(20-14)21(2)16-9-11-22(13-16)12-15-6-4-5-7-17(15)23-3/h4-8,10,16H,9,11-13H2,1-3H3. The van der Waals surface area contributed by atoms with Crippen LogP contribution in [0.4, 0.5) is 5.95 Å². The van der Waals surface area contributed by atoms with Crippen molar-refractivity contribution in [3.05, 3.63) is 47.8 Å². The number of benzene rings is 1. The highest BCUT2D eigenvalue weighted by atomic mass is 16.5. The average molecular weight is 312 g/mol. The summed E-state index contributed by atoms with van der Waals surface area (Å²) in [4.78, 5) is 13.6. The summed E-state index contributed by atoms with van der Waals surface area (Å²) in [6.45, 7) is 5.02. The first kappa shape index (κ1) is 15.7. The van der Waals surface area contributed by atoms with Crippen LogP contribution >= 0.6 is 0 Å². The highest BCUT2D eigenvalue weighted by molar-refractivity contribution is 5.34. The molecule has 0 radical (unpaired) electrons. The monoisotopic (exact) mass is 312 g/mol. The summed E-state index contributed by atoms with van der Waals surface area (Å²) in [5.74, 6) is 1.78. The van der Waals surface area contributed by atoms with Crippen molar-refractivity contribution in [1.82, 2.24) is 14.9 Å². The molecule has 0 saturated carbocycles. The van der Waals surface area contributed by atoms with Crippen LogP contribution in [0.3, 0.4) is 0 Å². The summed E-state index contributed by atoms with van der Waals surface area (Å²) in [7, 11) is 3.82. The zero-order valence-electron chi connectivity index (χ0n) is 14.1. The minimum atomic E-state index is 0.450. The molecule has 2 aromatic rings. The van der Waals surface area contributed by atoms with Gasteiger partial charge in [-0.25, -0.2) is 9.97 Å². The number of likely N-dealkylation sites (N-methyl/N-ethyl adjacent to an activating group) is 1. The molecule has 1 saturated heterocycles. The van der Waals surface area contributed by atoms with Crippen LogP contribution in [-0.4, -0.2) is 48.2 Å². The van der Waals surface area contributed by atoms with Gasteiger partial charge in [-0.2, -0.15) is 0 Å². The molecular formula is C18H24N4O. The van der Waals surface area contributed by atoms with E-state index in [0.717, 1.165) is 43.4 Å². The second-order valence-corrected chi connectivity index (χ2v) is 6.10. The second-order valence-electron chi connectivity index (χ2n) is 6.10. The number of ether oxygens (including phenoxy) is 1. The van der Waals surface area contributed by atoms with E-state index in [1.165, 1.54) is 5.56 Å². The van der Waals surface area contributed by atoms with Gasteiger partial charge in [0.2, 0.25) is 5.95 Å². The van der Waals surface area contributed by atoms with Crippen molar-refractivity contribution in [2.75, 3.05) is 32.1 Å². The summed E-state index contributed by atoms with van der Waals surface area (Å²) in [5, 5.41) is 0. The van der Waals surface area contributed by atoms with Gasteiger partial charge in [0.15, 0.2) is 0 Å². The number of para-hydroxylation sites is 1.